The van der Waals surface area contributed by atoms with Crippen molar-refractivity contribution in [3.8, 4) is 0 Å². The number of allylic oxidation sites excluding steroid dienone is 2. The van der Waals surface area contributed by atoms with Crippen LogP contribution in [-0.2, 0) is 0 Å². The summed E-state index contributed by atoms with van der Waals surface area (Å²) in [4.78, 5) is 0. The van der Waals surface area contributed by atoms with Gasteiger partial charge in [-0.15, -0.1) is 0 Å². The standard InChI is InChI=1S/C10H18O/c1-3-5-7-9-10(11)8-6-4-2/h4,6-7,9-11H,3,5,8H2,1-2H3. The predicted octanol–water partition coefficient (Wildman–Crippen LogP) is 2.67. The maximum Gasteiger partial charge on any atom is 0.0755 e. The Bertz CT molecular complexity index is 125. The third-order valence-corrected chi connectivity index (χ3v) is 1.43. The Kier molecular flexibility index (Phi) is 7.16. The van der Waals surface area contributed by atoms with Gasteiger partial charge in [-0.3, -0.25) is 0 Å². The molecule has 0 radical (unpaired) electrons. The number of hydrogen-bond donors (Lipinski definition) is 1. The summed E-state index contributed by atoms with van der Waals surface area (Å²) in [7, 11) is 0. The van der Waals surface area contributed by atoms with Crippen molar-refractivity contribution in [3.63, 3.8) is 0 Å². The lowest BCUT2D eigenvalue weighted by atomic mass is 10.2. The van der Waals surface area contributed by atoms with Gasteiger partial charge in [0.25, 0.3) is 0 Å². The second-order valence-corrected chi connectivity index (χ2v) is 2.59. The third-order valence-electron chi connectivity index (χ3n) is 1.43. The van der Waals surface area contributed by atoms with Crippen LogP contribution >= 0.6 is 0 Å². The van der Waals surface area contributed by atoms with Crippen molar-refractivity contribution in [2.75, 3.05) is 0 Å². The number of hydrogen-bond acceptors (Lipinski definition) is 1. The zero-order valence-electron chi connectivity index (χ0n) is 7.46. The van der Waals surface area contributed by atoms with Gasteiger partial charge in [0.15, 0.2) is 0 Å². The highest BCUT2D eigenvalue weighted by atomic mass is 16.3. The molecule has 0 spiro atoms. The molecule has 0 aromatic rings. The molecule has 64 valence electrons. The van der Waals surface area contributed by atoms with Crippen LogP contribution in [0.2, 0.25) is 0 Å². The van der Waals surface area contributed by atoms with Crippen LogP contribution in [0.25, 0.3) is 0 Å². The molecule has 0 amide bonds. The van der Waals surface area contributed by atoms with Crippen LogP contribution in [0.3, 0.4) is 0 Å². The average molecular weight is 154 g/mol. The topological polar surface area (TPSA) is 20.2 Å². The van der Waals surface area contributed by atoms with E-state index in [0.29, 0.717) is 0 Å². The normalized spacial score (nSPS) is 14.8. The minimum atomic E-state index is -0.294. The van der Waals surface area contributed by atoms with E-state index in [-0.39, 0.29) is 6.10 Å². The monoisotopic (exact) mass is 154 g/mol. The summed E-state index contributed by atoms with van der Waals surface area (Å²) in [5, 5.41) is 9.27. The molecule has 0 saturated heterocycles. The summed E-state index contributed by atoms with van der Waals surface area (Å²) in [5.74, 6) is 0. The molecule has 0 aliphatic heterocycles. The van der Waals surface area contributed by atoms with Gasteiger partial charge in [-0.25, -0.2) is 0 Å². The Hall–Kier alpha value is -0.560. The maximum absolute atomic E-state index is 9.27. The Morgan fingerprint density at radius 3 is 2.64 bits per heavy atom. The van der Waals surface area contributed by atoms with Gasteiger partial charge in [0.1, 0.15) is 0 Å². The first-order valence-electron chi connectivity index (χ1n) is 4.27. The van der Waals surface area contributed by atoms with Crippen molar-refractivity contribution in [2.24, 2.45) is 0 Å². The van der Waals surface area contributed by atoms with Gasteiger partial charge in [0.2, 0.25) is 0 Å². The van der Waals surface area contributed by atoms with E-state index in [4.69, 9.17) is 0 Å². The summed E-state index contributed by atoms with van der Waals surface area (Å²) in [5.41, 5.74) is 0. The van der Waals surface area contributed by atoms with Gasteiger partial charge in [0, 0.05) is 0 Å². The molecule has 1 N–H and O–H groups in total. The molecule has 1 nitrogen and oxygen atoms in total. The smallest absolute Gasteiger partial charge is 0.0755 e. The molecule has 0 aromatic heterocycles. The van der Waals surface area contributed by atoms with E-state index in [1.165, 1.54) is 0 Å². The average Bonchev–Trinajstić information content (AvgIpc) is 2.01. The molecule has 0 aliphatic rings. The van der Waals surface area contributed by atoms with Crippen molar-refractivity contribution in [1.82, 2.24) is 0 Å². The molecule has 1 unspecified atom stereocenters. The Balaban J connectivity index is 3.42. The van der Waals surface area contributed by atoms with Crippen LogP contribution in [0.1, 0.15) is 33.1 Å². The SMILES string of the molecule is CC=CCC(O)C=CCCC. The van der Waals surface area contributed by atoms with Crippen LogP contribution in [0.15, 0.2) is 24.3 Å². The fourth-order valence-electron chi connectivity index (χ4n) is 0.774. The van der Waals surface area contributed by atoms with Gasteiger partial charge in [-0.05, 0) is 19.8 Å². The van der Waals surface area contributed by atoms with Crippen molar-refractivity contribution < 1.29 is 5.11 Å². The van der Waals surface area contributed by atoms with Gasteiger partial charge < -0.3 is 5.11 Å². The summed E-state index contributed by atoms with van der Waals surface area (Å²) < 4.78 is 0. The van der Waals surface area contributed by atoms with Gasteiger partial charge in [0.05, 0.1) is 6.10 Å². The van der Waals surface area contributed by atoms with Crippen molar-refractivity contribution in [3.05, 3.63) is 24.3 Å². The number of unbranched alkanes of at least 4 members (excludes halogenated alkanes) is 1. The number of rotatable bonds is 5. The Labute approximate surface area is 69.4 Å². The molecule has 0 aliphatic carbocycles. The fourth-order valence-corrected chi connectivity index (χ4v) is 0.774. The first-order chi connectivity index (χ1) is 5.31. The molecule has 0 heterocycles. The molecule has 0 bridgehead atoms. The second kappa shape index (κ2) is 7.55. The van der Waals surface area contributed by atoms with Crippen molar-refractivity contribution in [2.45, 2.75) is 39.2 Å². The van der Waals surface area contributed by atoms with E-state index in [1.54, 1.807) is 0 Å². The first-order valence-corrected chi connectivity index (χ1v) is 4.27. The van der Waals surface area contributed by atoms with Crippen molar-refractivity contribution in [1.29, 1.82) is 0 Å². The molecule has 11 heavy (non-hydrogen) atoms. The van der Waals surface area contributed by atoms with E-state index < -0.39 is 0 Å². The lowest BCUT2D eigenvalue weighted by Crippen LogP contribution is -1.98. The van der Waals surface area contributed by atoms with Gasteiger partial charge in [-0.2, -0.15) is 0 Å². The van der Waals surface area contributed by atoms with E-state index in [9.17, 15) is 5.11 Å². The minimum absolute atomic E-state index is 0.294. The van der Waals surface area contributed by atoms with Crippen molar-refractivity contribution >= 4 is 0 Å². The van der Waals surface area contributed by atoms with E-state index >= 15 is 0 Å². The lowest BCUT2D eigenvalue weighted by molar-refractivity contribution is 0.226. The largest absolute Gasteiger partial charge is 0.389 e. The van der Waals surface area contributed by atoms with Gasteiger partial charge >= 0.3 is 0 Å². The Morgan fingerprint density at radius 2 is 2.09 bits per heavy atom. The summed E-state index contributed by atoms with van der Waals surface area (Å²) in [6, 6.07) is 0. The number of aliphatic hydroxyl groups excluding tert-OH is 1. The number of aliphatic hydroxyl groups is 1. The maximum atomic E-state index is 9.27. The molecule has 0 fully saturated rings. The molecule has 0 rings (SSSR count). The summed E-state index contributed by atoms with van der Waals surface area (Å²) in [6.45, 7) is 4.09. The Morgan fingerprint density at radius 1 is 1.36 bits per heavy atom. The highest BCUT2D eigenvalue weighted by Crippen LogP contribution is 1.97. The van der Waals surface area contributed by atoms with E-state index in [2.05, 4.69) is 6.92 Å². The fraction of sp³-hybridized carbons (Fsp3) is 0.600. The van der Waals surface area contributed by atoms with E-state index in [1.807, 2.05) is 31.2 Å². The molecule has 0 aromatic carbocycles. The third kappa shape index (κ3) is 7.34. The molecule has 1 heteroatoms. The lowest BCUT2D eigenvalue weighted by Gasteiger charge is -1.98. The minimum Gasteiger partial charge on any atom is -0.389 e. The predicted molar refractivity (Wildman–Crippen MR) is 49.5 cm³/mol. The highest BCUT2D eigenvalue weighted by Gasteiger charge is 1.92. The summed E-state index contributed by atoms with van der Waals surface area (Å²) >= 11 is 0. The molecule has 1 atom stereocenters. The summed E-state index contributed by atoms with van der Waals surface area (Å²) in [6.07, 6.45) is 10.5. The second-order valence-electron chi connectivity index (χ2n) is 2.59. The zero-order chi connectivity index (χ0) is 8.53. The van der Waals surface area contributed by atoms with Gasteiger partial charge in [-0.1, -0.05) is 37.6 Å². The van der Waals surface area contributed by atoms with Crippen LogP contribution in [-0.4, -0.2) is 11.2 Å². The molecular formula is C10H18O. The van der Waals surface area contributed by atoms with Crippen LogP contribution in [0, 0.1) is 0 Å². The highest BCUT2D eigenvalue weighted by molar-refractivity contribution is 4.93. The van der Waals surface area contributed by atoms with Crippen LogP contribution < -0.4 is 0 Å². The molecule has 0 saturated carbocycles. The first kappa shape index (κ1) is 10.4. The van der Waals surface area contributed by atoms with Crippen LogP contribution in [0.4, 0.5) is 0 Å². The zero-order valence-corrected chi connectivity index (χ0v) is 7.46. The van der Waals surface area contributed by atoms with Crippen LogP contribution in [0.5, 0.6) is 0 Å². The quantitative estimate of drug-likeness (QED) is 0.604. The molecular weight excluding hydrogens is 136 g/mol. The van der Waals surface area contributed by atoms with E-state index in [0.717, 1.165) is 19.3 Å².